The van der Waals surface area contributed by atoms with Gasteiger partial charge in [-0.2, -0.15) is 0 Å². The highest BCUT2D eigenvalue weighted by molar-refractivity contribution is 7.89. The first-order valence-electron chi connectivity index (χ1n) is 7.63. The van der Waals surface area contributed by atoms with Gasteiger partial charge in [0.25, 0.3) is 5.91 Å². The van der Waals surface area contributed by atoms with Crippen molar-refractivity contribution >= 4 is 21.6 Å². The number of methoxy groups -OCH3 is 1. The number of benzene rings is 2. The average Bonchev–Trinajstić information content (AvgIpc) is 2.63. The molecule has 0 aliphatic carbocycles. The van der Waals surface area contributed by atoms with Crippen molar-refractivity contribution in [1.82, 2.24) is 4.72 Å². The summed E-state index contributed by atoms with van der Waals surface area (Å²) < 4.78 is 49.9. The Kier molecular flexibility index (Phi) is 6.67. The zero-order valence-corrected chi connectivity index (χ0v) is 15.1. The molecule has 0 spiro atoms. The maximum Gasteiger partial charge on any atom is 0.258 e. The maximum atomic E-state index is 13.9. The van der Waals surface area contributed by atoms with Crippen molar-refractivity contribution in [2.45, 2.75) is 4.90 Å². The minimum atomic E-state index is -3.78. The first-order chi connectivity index (χ1) is 12.4. The first-order valence-corrected chi connectivity index (χ1v) is 9.12. The highest BCUT2D eigenvalue weighted by Crippen LogP contribution is 2.19. The van der Waals surface area contributed by atoms with Crippen molar-refractivity contribution in [3.8, 4) is 5.75 Å². The van der Waals surface area contributed by atoms with Crippen LogP contribution in [0.15, 0.2) is 47.4 Å². The zero-order valence-electron chi connectivity index (χ0n) is 14.3. The zero-order chi connectivity index (χ0) is 19.2. The third-order valence-corrected chi connectivity index (χ3v) is 4.84. The molecule has 1 amide bonds. The number of halogens is 1. The van der Waals surface area contributed by atoms with E-state index >= 15 is 0 Å². The summed E-state index contributed by atoms with van der Waals surface area (Å²) in [5.41, 5.74) is 0.0390. The van der Waals surface area contributed by atoms with Gasteiger partial charge in [0.15, 0.2) is 0 Å². The Morgan fingerprint density at radius 1 is 1.12 bits per heavy atom. The van der Waals surface area contributed by atoms with Crippen LogP contribution in [-0.4, -0.2) is 41.7 Å². The fourth-order valence-electron chi connectivity index (χ4n) is 2.04. The van der Waals surface area contributed by atoms with E-state index in [1.54, 1.807) is 31.4 Å². The molecule has 0 aromatic heterocycles. The quantitative estimate of drug-likeness (QED) is 0.681. The third-order valence-electron chi connectivity index (χ3n) is 3.43. The van der Waals surface area contributed by atoms with Crippen molar-refractivity contribution < 1.29 is 27.1 Å². The van der Waals surface area contributed by atoms with E-state index < -0.39 is 21.7 Å². The molecule has 2 rings (SSSR count). The van der Waals surface area contributed by atoms with Crippen LogP contribution in [0.2, 0.25) is 0 Å². The number of carbonyl (C=O) groups excluding carboxylic acids is 1. The van der Waals surface area contributed by atoms with Crippen LogP contribution < -0.4 is 14.8 Å². The molecule has 0 aliphatic heterocycles. The maximum absolute atomic E-state index is 13.9. The van der Waals surface area contributed by atoms with E-state index in [-0.39, 0.29) is 10.5 Å². The SMILES string of the molecule is CNS(=O)(=O)c1ccc(F)c(C(=O)Nc2ccc(OCCOC)cc2)c1. The topological polar surface area (TPSA) is 93.7 Å². The molecule has 7 nitrogen and oxygen atoms in total. The minimum Gasteiger partial charge on any atom is -0.491 e. The van der Waals surface area contributed by atoms with E-state index in [9.17, 15) is 17.6 Å². The van der Waals surface area contributed by atoms with Crippen molar-refractivity contribution in [3.05, 3.63) is 53.8 Å². The van der Waals surface area contributed by atoms with Gasteiger partial charge in [-0.05, 0) is 49.5 Å². The van der Waals surface area contributed by atoms with E-state index in [0.717, 1.165) is 18.2 Å². The van der Waals surface area contributed by atoms with Crippen molar-refractivity contribution in [2.75, 3.05) is 32.7 Å². The predicted octanol–water partition coefficient (Wildman–Crippen LogP) is 2.01. The van der Waals surface area contributed by atoms with Gasteiger partial charge in [-0.1, -0.05) is 0 Å². The fourth-order valence-corrected chi connectivity index (χ4v) is 2.80. The van der Waals surface area contributed by atoms with Gasteiger partial charge in [-0.3, -0.25) is 4.79 Å². The molecule has 0 atom stereocenters. The number of hydrogen-bond acceptors (Lipinski definition) is 5. The van der Waals surface area contributed by atoms with E-state index in [1.165, 1.54) is 7.05 Å². The lowest BCUT2D eigenvalue weighted by Gasteiger charge is -2.10. The van der Waals surface area contributed by atoms with Crippen LogP contribution in [0, 0.1) is 5.82 Å². The second-order valence-electron chi connectivity index (χ2n) is 5.17. The fraction of sp³-hybridized carbons (Fsp3) is 0.235. The molecular weight excluding hydrogens is 363 g/mol. The minimum absolute atomic E-state index is 0.201. The molecule has 26 heavy (non-hydrogen) atoms. The Morgan fingerprint density at radius 2 is 1.81 bits per heavy atom. The molecule has 0 radical (unpaired) electrons. The molecule has 2 aromatic rings. The molecule has 0 aliphatic rings. The van der Waals surface area contributed by atoms with Crippen molar-refractivity contribution in [1.29, 1.82) is 0 Å². The Hall–Kier alpha value is -2.49. The van der Waals surface area contributed by atoms with Crippen LogP contribution in [0.25, 0.3) is 0 Å². The van der Waals surface area contributed by atoms with E-state index in [2.05, 4.69) is 10.0 Å². The molecule has 0 heterocycles. The molecule has 0 bridgehead atoms. The van der Waals surface area contributed by atoms with Gasteiger partial charge in [-0.15, -0.1) is 0 Å². The number of rotatable bonds is 8. The molecule has 2 aromatic carbocycles. The van der Waals surface area contributed by atoms with E-state index in [4.69, 9.17) is 9.47 Å². The van der Waals surface area contributed by atoms with Crippen LogP contribution in [0.1, 0.15) is 10.4 Å². The van der Waals surface area contributed by atoms with Gasteiger partial charge in [0.1, 0.15) is 18.2 Å². The number of nitrogens with one attached hydrogen (secondary N) is 2. The van der Waals surface area contributed by atoms with Crippen LogP contribution in [0.4, 0.5) is 10.1 Å². The summed E-state index contributed by atoms with van der Waals surface area (Å²) >= 11 is 0. The highest BCUT2D eigenvalue weighted by atomic mass is 32.2. The Labute approximate surface area is 151 Å². The molecule has 0 unspecified atom stereocenters. The van der Waals surface area contributed by atoms with Gasteiger partial charge < -0.3 is 14.8 Å². The number of hydrogen-bond donors (Lipinski definition) is 2. The first kappa shape index (κ1) is 19.8. The lowest BCUT2D eigenvalue weighted by Crippen LogP contribution is -2.20. The summed E-state index contributed by atoms with van der Waals surface area (Å²) in [4.78, 5) is 12.1. The predicted molar refractivity (Wildman–Crippen MR) is 94.4 cm³/mol. The normalized spacial score (nSPS) is 11.2. The molecular formula is C17H19FN2O5S. The van der Waals surface area contributed by atoms with E-state index in [1.807, 2.05) is 0 Å². The number of anilines is 1. The summed E-state index contributed by atoms with van der Waals surface area (Å²) in [6.07, 6.45) is 0. The monoisotopic (exact) mass is 382 g/mol. The molecule has 0 saturated carbocycles. The molecule has 2 N–H and O–H groups in total. The van der Waals surface area contributed by atoms with Crippen LogP contribution in [-0.2, 0) is 14.8 Å². The molecule has 140 valence electrons. The van der Waals surface area contributed by atoms with Gasteiger partial charge >= 0.3 is 0 Å². The highest BCUT2D eigenvalue weighted by Gasteiger charge is 2.18. The standard InChI is InChI=1S/C17H19FN2O5S/c1-19-26(22,23)14-7-8-16(18)15(11-14)17(21)20-12-3-5-13(6-4-12)25-10-9-24-2/h3-8,11,19H,9-10H2,1-2H3,(H,20,21). The summed E-state index contributed by atoms with van der Waals surface area (Å²) in [5.74, 6) is -0.992. The number of amides is 1. The second-order valence-corrected chi connectivity index (χ2v) is 7.06. The van der Waals surface area contributed by atoms with Gasteiger partial charge in [-0.25, -0.2) is 17.5 Å². The third kappa shape index (κ3) is 5.01. The van der Waals surface area contributed by atoms with Crippen LogP contribution >= 0.6 is 0 Å². The molecule has 0 fully saturated rings. The molecule has 0 saturated heterocycles. The van der Waals surface area contributed by atoms with Gasteiger partial charge in [0.05, 0.1) is 17.1 Å². The lowest BCUT2D eigenvalue weighted by atomic mass is 10.2. The number of sulfonamides is 1. The van der Waals surface area contributed by atoms with E-state index in [0.29, 0.717) is 24.7 Å². The summed E-state index contributed by atoms with van der Waals surface area (Å²) in [7, 11) is -0.986. The Balaban J connectivity index is 2.13. The lowest BCUT2D eigenvalue weighted by molar-refractivity contribution is 0.102. The number of ether oxygens (including phenoxy) is 2. The van der Waals surface area contributed by atoms with Gasteiger partial charge in [0, 0.05) is 12.8 Å². The van der Waals surface area contributed by atoms with Crippen LogP contribution in [0.5, 0.6) is 5.75 Å². The number of carbonyl (C=O) groups is 1. The smallest absolute Gasteiger partial charge is 0.258 e. The van der Waals surface area contributed by atoms with Gasteiger partial charge in [0.2, 0.25) is 10.0 Å². The van der Waals surface area contributed by atoms with Crippen molar-refractivity contribution in [3.63, 3.8) is 0 Å². The summed E-state index contributed by atoms with van der Waals surface area (Å²) in [6.45, 7) is 0.837. The summed E-state index contributed by atoms with van der Waals surface area (Å²) in [5, 5.41) is 2.52. The Morgan fingerprint density at radius 3 is 2.42 bits per heavy atom. The largest absolute Gasteiger partial charge is 0.491 e. The second kappa shape index (κ2) is 8.75. The molecule has 9 heteroatoms. The summed E-state index contributed by atoms with van der Waals surface area (Å²) in [6, 6.07) is 9.47. The van der Waals surface area contributed by atoms with Crippen molar-refractivity contribution in [2.24, 2.45) is 0 Å². The average molecular weight is 382 g/mol. The Bertz CT molecular complexity index is 869. The van der Waals surface area contributed by atoms with Crippen LogP contribution in [0.3, 0.4) is 0 Å².